The number of thiol groups is 1. The van der Waals surface area contributed by atoms with Gasteiger partial charge in [-0.2, -0.15) is 12.6 Å². The van der Waals surface area contributed by atoms with Gasteiger partial charge in [-0.1, -0.05) is 19.8 Å². The van der Waals surface area contributed by atoms with Crippen LogP contribution in [-0.2, 0) is 0 Å². The van der Waals surface area contributed by atoms with Crippen LogP contribution < -0.4 is 0 Å². The topological polar surface area (TPSA) is 20.2 Å². The van der Waals surface area contributed by atoms with E-state index in [9.17, 15) is 5.11 Å². The average Bonchev–Trinajstić information content (AvgIpc) is 1.96. The summed E-state index contributed by atoms with van der Waals surface area (Å²) in [5, 5.41) is 9.87. The van der Waals surface area contributed by atoms with Gasteiger partial charge in [-0.3, -0.25) is 0 Å². The van der Waals surface area contributed by atoms with Crippen LogP contribution in [0.3, 0.4) is 0 Å². The molecule has 0 aromatic rings. The molecule has 1 N–H and O–H groups in total. The van der Waals surface area contributed by atoms with Gasteiger partial charge in [0, 0.05) is 5.75 Å². The van der Waals surface area contributed by atoms with Gasteiger partial charge in [0.05, 0.1) is 5.60 Å². The second-order valence-electron chi connectivity index (χ2n) is 3.41. The van der Waals surface area contributed by atoms with Crippen molar-refractivity contribution in [1.82, 2.24) is 0 Å². The number of rotatable bonds is 1. The fraction of sp³-hybridized carbons (Fsp3) is 1.00. The minimum atomic E-state index is -0.457. The molecule has 1 aliphatic rings. The van der Waals surface area contributed by atoms with E-state index in [1.807, 2.05) is 0 Å². The minimum absolute atomic E-state index is 0.443. The van der Waals surface area contributed by atoms with Crippen LogP contribution in [0.25, 0.3) is 0 Å². The number of hydrogen-bond acceptors (Lipinski definition) is 2. The van der Waals surface area contributed by atoms with Gasteiger partial charge >= 0.3 is 0 Å². The molecule has 2 atom stereocenters. The summed E-state index contributed by atoms with van der Waals surface area (Å²) in [5.74, 6) is 1.06. The molecule has 0 saturated heterocycles. The van der Waals surface area contributed by atoms with Crippen LogP contribution in [0.2, 0.25) is 0 Å². The molecule has 0 amide bonds. The highest BCUT2D eigenvalue weighted by Crippen LogP contribution is 2.33. The van der Waals surface area contributed by atoms with Crippen molar-refractivity contribution >= 4 is 12.6 Å². The smallest absolute Gasteiger partial charge is 0.0760 e. The molecular formula is C8H16OS. The summed E-state index contributed by atoms with van der Waals surface area (Å²) in [4.78, 5) is 0. The maximum Gasteiger partial charge on any atom is 0.0760 e. The second-order valence-corrected chi connectivity index (χ2v) is 3.72. The minimum Gasteiger partial charge on any atom is -0.389 e. The molecule has 0 unspecified atom stereocenters. The zero-order valence-electron chi connectivity index (χ0n) is 6.51. The third-order valence-corrected chi connectivity index (χ3v) is 3.24. The van der Waals surface area contributed by atoms with Crippen molar-refractivity contribution in [3.05, 3.63) is 0 Å². The Kier molecular flexibility index (Phi) is 2.64. The molecular weight excluding hydrogens is 144 g/mol. The molecule has 0 aliphatic heterocycles. The third-order valence-electron chi connectivity index (χ3n) is 2.69. The lowest BCUT2D eigenvalue weighted by molar-refractivity contribution is -0.0190. The first-order valence-corrected chi connectivity index (χ1v) is 4.65. The Balaban J connectivity index is 2.54. The van der Waals surface area contributed by atoms with Crippen molar-refractivity contribution in [3.63, 3.8) is 0 Å². The van der Waals surface area contributed by atoms with Crippen molar-refractivity contribution in [2.24, 2.45) is 5.92 Å². The number of aliphatic hydroxyl groups is 1. The summed E-state index contributed by atoms with van der Waals surface area (Å²) in [5.41, 5.74) is -0.457. The van der Waals surface area contributed by atoms with Crippen LogP contribution in [0.5, 0.6) is 0 Å². The van der Waals surface area contributed by atoms with E-state index < -0.39 is 5.60 Å². The van der Waals surface area contributed by atoms with Gasteiger partial charge in [-0.05, 0) is 18.8 Å². The normalized spacial score (nSPS) is 41.7. The van der Waals surface area contributed by atoms with Gasteiger partial charge in [0.15, 0.2) is 0 Å². The van der Waals surface area contributed by atoms with E-state index in [4.69, 9.17) is 0 Å². The van der Waals surface area contributed by atoms with Crippen molar-refractivity contribution < 1.29 is 5.11 Å². The van der Waals surface area contributed by atoms with E-state index in [0.717, 1.165) is 12.8 Å². The largest absolute Gasteiger partial charge is 0.389 e. The zero-order chi connectivity index (χ0) is 7.61. The molecule has 0 aromatic heterocycles. The summed E-state index contributed by atoms with van der Waals surface area (Å²) in [7, 11) is 0. The first-order valence-electron chi connectivity index (χ1n) is 4.02. The van der Waals surface area contributed by atoms with Crippen LogP contribution in [0, 0.1) is 5.92 Å². The third kappa shape index (κ3) is 1.48. The molecule has 0 heterocycles. The first kappa shape index (κ1) is 8.41. The molecule has 1 rings (SSSR count). The van der Waals surface area contributed by atoms with E-state index in [0.29, 0.717) is 11.7 Å². The van der Waals surface area contributed by atoms with Crippen LogP contribution in [0.15, 0.2) is 0 Å². The summed E-state index contributed by atoms with van der Waals surface area (Å²) in [6.07, 6.45) is 4.55. The lowest BCUT2D eigenvalue weighted by Gasteiger charge is -2.36. The summed E-state index contributed by atoms with van der Waals surface area (Å²) in [6, 6.07) is 0. The van der Waals surface area contributed by atoms with Gasteiger partial charge in [0.1, 0.15) is 0 Å². The Morgan fingerprint density at radius 2 is 2.30 bits per heavy atom. The van der Waals surface area contributed by atoms with E-state index in [2.05, 4.69) is 19.6 Å². The van der Waals surface area contributed by atoms with Crippen molar-refractivity contribution in [3.8, 4) is 0 Å². The molecule has 0 bridgehead atoms. The molecule has 1 saturated carbocycles. The van der Waals surface area contributed by atoms with E-state index in [-0.39, 0.29) is 0 Å². The van der Waals surface area contributed by atoms with Gasteiger partial charge in [0.2, 0.25) is 0 Å². The lowest BCUT2D eigenvalue weighted by atomic mass is 9.78. The molecule has 2 heteroatoms. The van der Waals surface area contributed by atoms with Crippen LogP contribution in [0.4, 0.5) is 0 Å². The second kappa shape index (κ2) is 3.14. The summed E-state index contributed by atoms with van der Waals surface area (Å²) >= 11 is 4.16. The van der Waals surface area contributed by atoms with Gasteiger partial charge in [-0.25, -0.2) is 0 Å². The lowest BCUT2D eigenvalue weighted by Crippen LogP contribution is -2.40. The molecule has 0 aromatic carbocycles. The molecule has 1 aliphatic carbocycles. The Morgan fingerprint density at radius 1 is 1.60 bits per heavy atom. The quantitative estimate of drug-likeness (QED) is 0.561. The Morgan fingerprint density at radius 3 is 2.70 bits per heavy atom. The van der Waals surface area contributed by atoms with Crippen LogP contribution in [-0.4, -0.2) is 16.5 Å². The van der Waals surface area contributed by atoms with Crippen LogP contribution >= 0.6 is 12.6 Å². The monoisotopic (exact) mass is 160 g/mol. The zero-order valence-corrected chi connectivity index (χ0v) is 7.40. The summed E-state index contributed by atoms with van der Waals surface area (Å²) in [6.45, 7) is 2.12. The Bertz CT molecular complexity index is 116. The highest BCUT2D eigenvalue weighted by Gasteiger charge is 2.34. The molecule has 0 radical (unpaired) electrons. The molecule has 1 fully saturated rings. The van der Waals surface area contributed by atoms with Gasteiger partial charge in [-0.15, -0.1) is 0 Å². The first-order chi connectivity index (χ1) is 4.69. The fourth-order valence-corrected chi connectivity index (χ4v) is 2.10. The number of hydrogen-bond donors (Lipinski definition) is 2. The average molecular weight is 160 g/mol. The fourth-order valence-electron chi connectivity index (χ4n) is 1.63. The SMILES string of the molecule is C[C@@H]1CCCC[C@@]1(O)CS. The van der Waals surface area contributed by atoms with Crippen molar-refractivity contribution in [2.45, 2.75) is 38.2 Å². The van der Waals surface area contributed by atoms with Crippen molar-refractivity contribution in [1.29, 1.82) is 0 Å². The molecule has 1 nitrogen and oxygen atoms in total. The van der Waals surface area contributed by atoms with E-state index in [1.54, 1.807) is 0 Å². The molecule has 10 heavy (non-hydrogen) atoms. The standard InChI is InChI=1S/C8H16OS/c1-7-4-2-3-5-8(7,9)6-10/h7,9-10H,2-6H2,1H3/t7-,8-/m1/s1. The highest BCUT2D eigenvalue weighted by molar-refractivity contribution is 7.80. The van der Waals surface area contributed by atoms with Gasteiger partial charge < -0.3 is 5.11 Å². The van der Waals surface area contributed by atoms with Crippen molar-refractivity contribution in [2.75, 3.05) is 5.75 Å². The molecule has 60 valence electrons. The van der Waals surface area contributed by atoms with Crippen LogP contribution in [0.1, 0.15) is 32.6 Å². The maximum atomic E-state index is 9.87. The summed E-state index contributed by atoms with van der Waals surface area (Å²) < 4.78 is 0. The predicted molar refractivity (Wildman–Crippen MR) is 46.4 cm³/mol. The molecule has 0 spiro atoms. The van der Waals surface area contributed by atoms with Gasteiger partial charge in [0.25, 0.3) is 0 Å². The predicted octanol–water partition coefficient (Wildman–Crippen LogP) is 1.86. The maximum absolute atomic E-state index is 9.87. The Labute approximate surface area is 68.2 Å². The highest BCUT2D eigenvalue weighted by atomic mass is 32.1. The van der Waals surface area contributed by atoms with E-state index in [1.165, 1.54) is 12.8 Å². The Hall–Kier alpha value is 0.310. The van der Waals surface area contributed by atoms with E-state index >= 15 is 0 Å².